The van der Waals surface area contributed by atoms with E-state index in [0.29, 0.717) is 0 Å². The fraction of sp³-hybridized carbons (Fsp3) is 0.0833. The summed E-state index contributed by atoms with van der Waals surface area (Å²) < 4.78 is 41.6. The number of pyridine rings is 1. The van der Waals surface area contributed by atoms with Crippen molar-refractivity contribution in [3.05, 3.63) is 48.3 Å². The van der Waals surface area contributed by atoms with E-state index in [1.807, 2.05) is 0 Å². The highest BCUT2D eigenvalue weighted by molar-refractivity contribution is 5.60. The van der Waals surface area contributed by atoms with E-state index in [1.165, 1.54) is 30.3 Å². The van der Waals surface area contributed by atoms with Crippen LogP contribution in [0.1, 0.15) is 0 Å². The first kappa shape index (κ1) is 11.4. The number of ether oxygens (including phenoxy) is 1. The molecule has 0 fully saturated rings. The van der Waals surface area contributed by atoms with Crippen molar-refractivity contribution in [2.24, 2.45) is 0 Å². The van der Waals surface area contributed by atoms with Gasteiger partial charge in [-0.15, -0.1) is 0 Å². The summed E-state index contributed by atoms with van der Waals surface area (Å²) >= 11 is 0. The molecule has 2 nitrogen and oxygen atoms in total. The molecule has 0 spiro atoms. The molecule has 2 rings (SSSR count). The highest BCUT2D eigenvalue weighted by atomic mass is 19.3. The second kappa shape index (κ2) is 4.86. The SMILES string of the molecule is Fc1ccccc1-c1cccc(OC(F)F)n1. The van der Waals surface area contributed by atoms with Crippen molar-refractivity contribution in [1.29, 1.82) is 0 Å². The summed E-state index contributed by atoms with van der Waals surface area (Å²) in [5.74, 6) is -0.699. The first-order chi connectivity index (χ1) is 8.16. The zero-order valence-electron chi connectivity index (χ0n) is 8.61. The Morgan fingerprint density at radius 3 is 2.47 bits per heavy atom. The van der Waals surface area contributed by atoms with Gasteiger partial charge in [0.15, 0.2) is 0 Å². The molecular weight excluding hydrogens is 231 g/mol. The van der Waals surface area contributed by atoms with E-state index in [2.05, 4.69) is 9.72 Å². The third-order valence-corrected chi connectivity index (χ3v) is 2.08. The molecule has 0 saturated heterocycles. The number of benzene rings is 1. The topological polar surface area (TPSA) is 22.1 Å². The van der Waals surface area contributed by atoms with Gasteiger partial charge in [0.05, 0.1) is 5.69 Å². The predicted octanol–water partition coefficient (Wildman–Crippen LogP) is 3.49. The van der Waals surface area contributed by atoms with Crippen LogP contribution in [0.5, 0.6) is 5.88 Å². The summed E-state index contributed by atoms with van der Waals surface area (Å²) in [6.45, 7) is -2.95. The van der Waals surface area contributed by atoms with Gasteiger partial charge in [0.1, 0.15) is 5.82 Å². The van der Waals surface area contributed by atoms with Crippen LogP contribution >= 0.6 is 0 Å². The van der Waals surface area contributed by atoms with Gasteiger partial charge < -0.3 is 4.74 Å². The van der Waals surface area contributed by atoms with E-state index >= 15 is 0 Å². The smallest absolute Gasteiger partial charge is 0.388 e. The fourth-order valence-corrected chi connectivity index (χ4v) is 1.39. The van der Waals surface area contributed by atoms with Gasteiger partial charge in [-0.2, -0.15) is 8.78 Å². The molecule has 0 radical (unpaired) electrons. The third kappa shape index (κ3) is 2.75. The first-order valence-corrected chi connectivity index (χ1v) is 4.83. The van der Waals surface area contributed by atoms with E-state index in [-0.39, 0.29) is 17.1 Å². The molecule has 0 N–H and O–H groups in total. The van der Waals surface area contributed by atoms with E-state index in [0.717, 1.165) is 0 Å². The molecule has 17 heavy (non-hydrogen) atoms. The Morgan fingerprint density at radius 1 is 1.00 bits per heavy atom. The van der Waals surface area contributed by atoms with E-state index in [9.17, 15) is 13.2 Å². The molecule has 0 aliphatic rings. The Labute approximate surface area is 95.7 Å². The molecule has 1 aromatic carbocycles. The molecule has 0 aliphatic carbocycles. The van der Waals surface area contributed by atoms with Crippen LogP contribution in [0.4, 0.5) is 13.2 Å². The van der Waals surface area contributed by atoms with Crippen LogP contribution in [0.2, 0.25) is 0 Å². The molecule has 0 bridgehead atoms. The number of alkyl halides is 2. The standard InChI is InChI=1S/C12H8F3NO/c13-9-5-2-1-4-8(9)10-6-3-7-11(16-10)17-12(14)15/h1-7,12H. The molecule has 0 unspecified atom stereocenters. The highest BCUT2D eigenvalue weighted by Gasteiger charge is 2.09. The van der Waals surface area contributed by atoms with Crippen molar-refractivity contribution in [1.82, 2.24) is 4.98 Å². The van der Waals surface area contributed by atoms with Crippen LogP contribution in [0, 0.1) is 5.82 Å². The molecule has 0 amide bonds. The molecule has 1 aromatic heterocycles. The second-order valence-electron chi connectivity index (χ2n) is 3.22. The Kier molecular flexibility index (Phi) is 3.27. The maximum Gasteiger partial charge on any atom is 0.388 e. The Balaban J connectivity index is 2.37. The number of hydrogen-bond donors (Lipinski definition) is 0. The minimum Gasteiger partial charge on any atom is -0.417 e. The Bertz CT molecular complexity index is 517. The van der Waals surface area contributed by atoms with Gasteiger partial charge in [0, 0.05) is 11.6 Å². The van der Waals surface area contributed by atoms with Crippen molar-refractivity contribution in [2.45, 2.75) is 6.61 Å². The Morgan fingerprint density at radius 2 is 1.76 bits per heavy atom. The average Bonchev–Trinajstić information content (AvgIpc) is 2.29. The summed E-state index contributed by atoms with van der Waals surface area (Å²) in [6, 6.07) is 10.3. The van der Waals surface area contributed by atoms with E-state index in [1.54, 1.807) is 12.1 Å². The number of nitrogens with zero attached hydrogens (tertiary/aromatic N) is 1. The lowest BCUT2D eigenvalue weighted by molar-refractivity contribution is -0.0527. The summed E-state index contributed by atoms with van der Waals surface area (Å²) in [4.78, 5) is 3.80. The van der Waals surface area contributed by atoms with Crippen LogP contribution in [0.15, 0.2) is 42.5 Å². The lowest BCUT2D eigenvalue weighted by Gasteiger charge is -2.06. The van der Waals surface area contributed by atoms with Gasteiger partial charge in [0.25, 0.3) is 0 Å². The van der Waals surface area contributed by atoms with Crippen molar-refractivity contribution in [3.8, 4) is 17.1 Å². The van der Waals surface area contributed by atoms with Crippen LogP contribution < -0.4 is 4.74 Å². The third-order valence-electron chi connectivity index (χ3n) is 2.08. The molecule has 2 aromatic rings. The van der Waals surface area contributed by atoms with Crippen molar-refractivity contribution in [2.75, 3.05) is 0 Å². The summed E-state index contributed by atoms with van der Waals surface area (Å²) in [6.07, 6.45) is 0. The number of hydrogen-bond acceptors (Lipinski definition) is 2. The van der Waals surface area contributed by atoms with Gasteiger partial charge in [-0.05, 0) is 18.2 Å². The fourth-order valence-electron chi connectivity index (χ4n) is 1.39. The molecule has 88 valence electrons. The second-order valence-corrected chi connectivity index (χ2v) is 3.22. The summed E-state index contributed by atoms with van der Waals surface area (Å²) in [5.41, 5.74) is 0.494. The van der Waals surface area contributed by atoms with Crippen LogP contribution in [-0.4, -0.2) is 11.6 Å². The zero-order valence-corrected chi connectivity index (χ0v) is 8.61. The van der Waals surface area contributed by atoms with E-state index < -0.39 is 12.4 Å². The molecule has 1 heterocycles. The van der Waals surface area contributed by atoms with Gasteiger partial charge in [-0.25, -0.2) is 9.37 Å². The normalized spacial score (nSPS) is 10.6. The van der Waals surface area contributed by atoms with Crippen LogP contribution in [-0.2, 0) is 0 Å². The van der Waals surface area contributed by atoms with Crippen molar-refractivity contribution >= 4 is 0 Å². The summed E-state index contributed by atoms with van der Waals surface area (Å²) in [5, 5.41) is 0. The minimum absolute atomic E-state index is 0.235. The van der Waals surface area contributed by atoms with Crippen LogP contribution in [0.3, 0.4) is 0 Å². The lowest BCUT2D eigenvalue weighted by Crippen LogP contribution is -2.03. The van der Waals surface area contributed by atoms with Crippen molar-refractivity contribution in [3.63, 3.8) is 0 Å². The number of rotatable bonds is 3. The zero-order chi connectivity index (χ0) is 12.3. The maximum atomic E-state index is 13.4. The molecule has 0 atom stereocenters. The largest absolute Gasteiger partial charge is 0.417 e. The lowest BCUT2D eigenvalue weighted by atomic mass is 10.1. The van der Waals surface area contributed by atoms with Gasteiger partial charge in [0.2, 0.25) is 5.88 Å². The van der Waals surface area contributed by atoms with Gasteiger partial charge in [-0.1, -0.05) is 18.2 Å². The number of halogens is 3. The van der Waals surface area contributed by atoms with E-state index in [4.69, 9.17) is 0 Å². The van der Waals surface area contributed by atoms with Gasteiger partial charge in [-0.3, -0.25) is 0 Å². The van der Waals surface area contributed by atoms with Crippen LogP contribution in [0.25, 0.3) is 11.3 Å². The molecular formula is C12H8F3NO. The molecule has 0 aliphatic heterocycles. The monoisotopic (exact) mass is 239 g/mol. The maximum absolute atomic E-state index is 13.4. The summed E-state index contributed by atoms with van der Waals surface area (Å²) in [7, 11) is 0. The first-order valence-electron chi connectivity index (χ1n) is 4.83. The predicted molar refractivity (Wildman–Crippen MR) is 56.3 cm³/mol. The molecule has 0 saturated carbocycles. The quantitative estimate of drug-likeness (QED) is 0.817. The highest BCUT2D eigenvalue weighted by Crippen LogP contribution is 2.22. The van der Waals surface area contributed by atoms with Crippen molar-refractivity contribution < 1.29 is 17.9 Å². The number of aromatic nitrogens is 1. The van der Waals surface area contributed by atoms with Gasteiger partial charge >= 0.3 is 6.61 Å². The average molecular weight is 239 g/mol. The Hall–Kier alpha value is -2.04. The minimum atomic E-state index is -2.95. The molecule has 5 heteroatoms.